The molecule has 3 rings (SSSR count). The van der Waals surface area contributed by atoms with E-state index in [2.05, 4.69) is 36.3 Å². The molecular weight excluding hydrogens is 427 g/mol. The van der Waals surface area contributed by atoms with Crippen LogP contribution in [0.1, 0.15) is 45.2 Å². The van der Waals surface area contributed by atoms with E-state index in [4.69, 9.17) is 4.74 Å². The molecule has 0 bridgehead atoms. The Morgan fingerprint density at radius 3 is 2.50 bits per heavy atom. The number of aromatic nitrogens is 3. The summed E-state index contributed by atoms with van der Waals surface area (Å²) in [5.41, 5.74) is 1.99. The van der Waals surface area contributed by atoms with Crippen LogP contribution in [-0.2, 0) is 17.8 Å². The van der Waals surface area contributed by atoms with E-state index < -0.39 is 11.9 Å². The first-order chi connectivity index (χ1) is 15.4. The predicted molar refractivity (Wildman–Crippen MR) is 125 cm³/mol. The summed E-state index contributed by atoms with van der Waals surface area (Å²) in [6.45, 7) is 8.75. The standard InChI is InChI=1S/C24H29FN4O2S/c1-5-18-10-12-19(13-11-18)26-22(30)15-32-24-28-27-23(29(24)14-16(2)3)17(4)31-21-9-7-6-8-20(21)25/h6-13,16-17H,5,14-15H2,1-4H3,(H,26,30). The second-order valence-electron chi connectivity index (χ2n) is 7.92. The zero-order valence-corrected chi connectivity index (χ0v) is 19.7. The van der Waals surface area contributed by atoms with Gasteiger partial charge < -0.3 is 14.6 Å². The Labute approximate surface area is 192 Å². The van der Waals surface area contributed by atoms with Crippen LogP contribution in [0.3, 0.4) is 0 Å². The van der Waals surface area contributed by atoms with Gasteiger partial charge in [0.05, 0.1) is 5.75 Å². The van der Waals surface area contributed by atoms with Crippen molar-refractivity contribution in [2.75, 3.05) is 11.1 Å². The molecule has 6 nitrogen and oxygen atoms in total. The van der Waals surface area contributed by atoms with E-state index in [1.165, 1.54) is 23.4 Å². The highest BCUT2D eigenvalue weighted by atomic mass is 32.2. The van der Waals surface area contributed by atoms with E-state index in [0.717, 1.165) is 12.1 Å². The molecule has 1 heterocycles. The highest BCUT2D eigenvalue weighted by Gasteiger charge is 2.22. The molecule has 1 atom stereocenters. The molecule has 8 heteroatoms. The molecule has 0 fully saturated rings. The monoisotopic (exact) mass is 456 g/mol. The topological polar surface area (TPSA) is 69.0 Å². The van der Waals surface area contributed by atoms with Crippen molar-refractivity contribution in [3.05, 3.63) is 65.7 Å². The van der Waals surface area contributed by atoms with Gasteiger partial charge in [-0.3, -0.25) is 4.79 Å². The normalized spacial score (nSPS) is 12.1. The first-order valence-corrected chi connectivity index (χ1v) is 11.7. The number of thioether (sulfide) groups is 1. The second kappa shape index (κ2) is 11.1. The van der Waals surface area contributed by atoms with Gasteiger partial charge in [-0.25, -0.2) is 4.39 Å². The Morgan fingerprint density at radius 1 is 1.12 bits per heavy atom. The Bertz CT molecular complexity index is 1040. The van der Waals surface area contributed by atoms with Gasteiger partial charge >= 0.3 is 0 Å². The number of aryl methyl sites for hydroxylation is 1. The van der Waals surface area contributed by atoms with Gasteiger partial charge in [0, 0.05) is 12.2 Å². The van der Waals surface area contributed by atoms with Gasteiger partial charge in [-0.15, -0.1) is 10.2 Å². The lowest BCUT2D eigenvalue weighted by molar-refractivity contribution is -0.113. The van der Waals surface area contributed by atoms with Crippen molar-refractivity contribution in [1.82, 2.24) is 14.8 Å². The summed E-state index contributed by atoms with van der Waals surface area (Å²) in [4.78, 5) is 12.4. The summed E-state index contributed by atoms with van der Waals surface area (Å²) in [5.74, 6) is 0.759. The molecule has 0 aliphatic heterocycles. The first-order valence-electron chi connectivity index (χ1n) is 10.7. The molecule has 1 amide bonds. The smallest absolute Gasteiger partial charge is 0.234 e. The minimum absolute atomic E-state index is 0.115. The SMILES string of the molecule is CCc1ccc(NC(=O)CSc2nnc(C(C)Oc3ccccc3F)n2CC(C)C)cc1. The predicted octanol–water partition coefficient (Wildman–Crippen LogP) is 5.51. The zero-order valence-electron chi connectivity index (χ0n) is 18.8. The molecule has 0 spiro atoms. The molecule has 1 aromatic heterocycles. The van der Waals surface area contributed by atoms with Crippen molar-refractivity contribution in [3.8, 4) is 5.75 Å². The highest BCUT2D eigenvalue weighted by molar-refractivity contribution is 7.99. The number of hydrogen-bond acceptors (Lipinski definition) is 5. The van der Waals surface area contributed by atoms with E-state index in [0.29, 0.717) is 23.4 Å². The second-order valence-corrected chi connectivity index (χ2v) is 8.87. The number of benzene rings is 2. The third-order valence-electron chi connectivity index (χ3n) is 4.78. The van der Waals surface area contributed by atoms with Crippen molar-refractivity contribution in [3.63, 3.8) is 0 Å². The van der Waals surface area contributed by atoms with E-state index in [9.17, 15) is 9.18 Å². The summed E-state index contributed by atoms with van der Waals surface area (Å²) in [6.07, 6.45) is 0.454. The minimum atomic E-state index is -0.501. The lowest BCUT2D eigenvalue weighted by atomic mass is 10.1. The fraction of sp³-hybridized carbons (Fsp3) is 0.375. The lowest BCUT2D eigenvalue weighted by Gasteiger charge is -2.18. The van der Waals surface area contributed by atoms with Crippen LogP contribution in [0.25, 0.3) is 0 Å². The number of para-hydroxylation sites is 1. The largest absolute Gasteiger partial charge is 0.480 e. The summed E-state index contributed by atoms with van der Waals surface area (Å²) < 4.78 is 21.7. The average Bonchev–Trinajstić information content (AvgIpc) is 3.16. The molecule has 170 valence electrons. The molecule has 1 unspecified atom stereocenters. The van der Waals surface area contributed by atoms with Crippen LogP contribution >= 0.6 is 11.8 Å². The summed E-state index contributed by atoms with van der Waals surface area (Å²) in [5, 5.41) is 12.1. The van der Waals surface area contributed by atoms with E-state index in [1.807, 2.05) is 35.8 Å². The first kappa shape index (κ1) is 23.8. The molecule has 0 radical (unpaired) electrons. The molecule has 0 aliphatic carbocycles. The Morgan fingerprint density at radius 2 is 1.84 bits per heavy atom. The number of ether oxygens (including phenoxy) is 1. The molecule has 32 heavy (non-hydrogen) atoms. The number of nitrogens with one attached hydrogen (secondary N) is 1. The molecule has 0 saturated carbocycles. The van der Waals surface area contributed by atoms with Gasteiger partial charge in [0.1, 0.15) is 0 Å². The van der Waals surface area contributed by atoms with Crippen molar-refractivity contribution in [2.24, 2.45) is 5.92 Å². The van der Waals surface area contributed by atoms with E-state index in [1.54, 1.807) is 18.2 Å². The van der Waals surface area contributed by atoms with Gasteiger partial charge in [-0.05, 0) is 49.1 Å². The minimum Gasteiger partial charge on any atom is -0.480 e. The maximum absolute atomic E-state index is 14.0. The fourth-order valence-electron chi connectivity index (χ4n) is 3.18. The lowest BCUT2D eigenvalue weighted by Crippen LogP contribution is -2.17. The molecular formula is C24H29FN4O2S. The van der Waals surface area contributed by atoms with E-state index >= 15 is 0 Å². The van der Waals surface area contributed by atoms with Crippen LogP contribution in [0, 0.1) is 11.7 Å². The molecule has 0 aliphatic rings. The van der Waals surface area contributed by atoms with Crippen LogP contribution in [0.4, 0.5) is 10.1 Å². The molecule has 0 saturated heterocycles. The van der Waals surface area contributed by atoms with Crippen molar-refractivity contribution in [1.29, 1.82) is 0 Å². The molecule has 3 aromatic rings. The van der Waals surface area contributed by atoms with Crippen molar-refractivity contribution in [2.45, 2.75) is 51.9 Å². The number of halogens is 1. The van der Waals surface area contributed by atoms with Crippen LogP contribution in [0.15, 0.2) is 53.7 Å². The zero-order chi connectivity index (χ0) is 23.1. The highest BCUT2D eigenvalue weighted by Crippen LogP contribution is 2.27. The van der Waals surface area contributed by atoms with Crippen LogP contribution in [0.2, 0.25) is 0 Å². The number of hydrogen-bond donors (Lipinski definition) is 1. The number of carbonyl (C=O) groups is 1. The van der Waals surface area contributed by atoms with Gasteiger partial charge in [-0.2, -0.15) is 0 Å². The molecule has 1 N–H and O–H groups in total. The number of rotatable bonds is 10. The van der Waals surface area contributed by atoms with Gasteiger partial charge in [0.25, 0.3) is 0 Å². The Kier molecular flexibility index (Phi) is 8.27. The van der Waals surface area contributed by atoms with Gasteiger partial charge in [0.15, 0.2) is 28.7 Å². The van der Waals surface area contributed by atoms with Crippen LogP contribution < -0.4 is 10.1 Å². The fourth-order valence-corrected chi connectivity index (χ4v) is 3.93. The number of nitrogens with zero attached hydrogens (tertiary/aromatic N) is 3. The van der Waals surface area contributed by atoms with Crippen molar-refractivity contribution >= 4 is 23.4 Å². The maximum Gasteiger partial charge on any atom is 0.234 e. The Balaban J connectivity index is 1.68. The average molecular weight is 457 g/mol. The van der Waals surface area contributed by atoms with Gasteiger partial charge in [-0.1, -0.05) is 56.8 Å². The Hall–Kier alpha value is -2.87. The molecule has 2 aromatic carbocycles. The number of carbonyl (C=O) groups excluding carboxylic acids is 1. The maximum atomic E-state index is 14.0. The third kappa shape index (κ3) is 6.32. The summed E-state index contributed by atoms with van der Waals surface area (Å²) >= 11 is 1.32. The summed E-state index contributed by atoms with van der Waals surface area (Å²) in [6, 6.07) is 14.1. The van der Waals surface area contributed by atoms with Crippen LogP contribution in [0.5, 0.6) is 5.75 Å². The van der Waals surface area contributed by atoms with Crippen molar-refractivity contribution < 1.29 is 13.9 Å². The number of anilines is 1. The van der Waals surface area contributed by atoms with Crippen LogP contribution in [-0.4, -0.2) is 26.4 Å². The summed E-state index contributed by atoms with van der Waals surface area (Å²) in [7, 11) is 0. The van der Waals surface area contributed by atoms with E-state index in [-0.39, 0.29) is 17.4 Å². The number of amides is 1. The van der Waals surface area contributed by atoms with Gasteiger partial charge in [0.2, 0.25) is 5.91 Å². The third-order valence-corrected chi connectivity index (χ3v) is 5.74. The quantitative estimate of drug-likeness (QED) is 0.408.